The molecular formula is C33H31N5O6. The minimum absolute atomic E-state index is 0.117. The molecule has 11 heteroatoms. The second-order valence-electron chi connectivity index (χ2n) is 10.2. The van der Waals surface area contributed by atoms with Gasteiger partial charge < -0.3 is 14.2 Å². The topological polar surface area (TPSA) is 131 Å². The zero-order valence-corrected chi connectivity index (χ0v) is 25.0. The molecule has 0 unspecified atom stereocenters. The van der Waals surface area contributed by atoms with Crippen LogP contribution in [0.25, 0.3) is 22.3 Å². The van der Waals surface area contributed by atoms with Crippen LogP contribution in [0.3, 0.4) is 0 Å². The van der Waals surface area contributed by atoms with Crippen LogP contribution in [0, 0.1) is 17.0 Å². The van der Waals surface area contributed by atoms with Crippen LogP contribution in [-0.2, 0) is 0 Å². The van der Waals surface area contributed by atoms with Gasteiger partial charge in [-0.05, 0) is 67.3 Å². The first-order valence-electron chi connectivity index (χ1n) is 14.0. The molecule has 0 spiro atoms. The Bertz CT molecular complexity index is 1930. The molecule has 11 nitrogen and oxygen atoms in total. The quantitative estimate of drug-likeness (QED) is 0.0973. The maximum atomic E-state index is 13.9. The lowest BCUT2D eigenvalue weighted by atomic mass is 9.96. The van der Waals surface area contributed by atoms with Crippen molar-refractivity contribution in [2.24, 2.45) is 5.10 Å². The van der Waals surface area contributed by atoms with E-state index >= 15 is 0 Å². The van der Waals surface area contributed by atoms with E-state index in [-0.39, 0.29) is 28.8 Å². The molecule has 0 radical (unpaired) electrons. The number of ether oxygens (including phenoxy) is 3. The van der Waals surface area contributed by atoms with Crippen molar-refractivity contribution in [2.75, 3.05) is 13.7 Å². The van der Waals surface area contributed by atoms with Gasteiger partial charge >= 0.3 is 0 Å². The van der Waals surface area contributed by atoms with Crippen LogP contribution in [0.15, 0.2) is 82.8 Å². The average molecular weight is 594 g/mol. The molecule has 224 valence electrons. The van der Waals surface area contributed by atoms with E-state index in [0.29, 0.717) is 34.6 Å². The number of methoxy groups -OCH3 is 1. The van der Waals surface area contributed by atoms with Crippen molar-refractivity contribution in [1.82, 2.24) is 14.6 Å². The summed E-state index contributed by atoms with van der Waals surface area (Å²) in [5, 5.41) is 16.1. The molecule has 0 atom stereocenters. The maximum absolute atomic E-state index is 13.9. The van der Waals surface area contributed by atoms with Crippen molar-refractivity contribution in [2.45, 2.75) is 33.6 Å². The van der Waals surface area contributed by atoms with Crippen LogP contribution in [-0.4, -0.2) is 39.5 Å². The highest BCUT2D eigenvalue weighted by Crippen LogP contribution is 2.36. The number of rotatable bonds is 10. The van der Waals surface area contributed by atoms with Crippen LogP contribution in [0.5, 0.6) is 23.1 Å². The Balaban J connectivity index is 1.67. The van der Waals surface area contributed by atoms with Gasteiger partial charge in [-0.1, -0.05) is 32.0 Å². The van der Waals surface area contributed by atoms with Crippen molar-refractivity contribution in [3.8, 4) is 34.5 Å². The van der Waals surface area contributed by atoms with E-state index in [9.17, 15) is 14.9 Å². The summed E-state index contributed by atoms with van der Waals surface area (Å²) < 4.78 is 18.7. The fourth-order valence-corrected chi connectivity index (χ4v) is 4.75. The van der Waals surface area contributed by atoms with E-state index in [1.807, 2.05) is 32.0 Å². The number of hydrogen-bond acceptors (Lipinski definition) is 9. The largest absolute Gasteiger partial charge is 0.494 e. The molecule has 0 saturated heterocycles. The molecule has 0 aliphatic rings. The molecule has 0 N–H and O–H groups in total. The Kier molecular flexibility index (Phi) is 8.66. The lowest BCUT2D eigenvalue weighted by molar-refractivity contribution is -0.385. The summed E-state index contributed by atoms with van der Waals surface area (Å²) in [7, 11) is 1.49. The smallest absolute Gasteiger partial charge is 0.287 e. The Morgan fingerprint density at radius 3 is 2.55 bits per heavy atom. The third kappa shape index (κ3) is 5.98. The Morgan fingerprint density at radius 1 is 1.07 bits per heavy atom. The lowest BCUT2D eigenvalue weighted by Gasteiger charge is -2.18. The summed E-state index contributed by atoms with van der Waals surface area (Å²) in [5.74, 6) is 2.08. The molecule has 0 saturated carbocycles. The van der Waals surface area contributed by atoms with Crippen LogP contribution >= 0.6 is 0 Å². The minimum Gasteiger partial charge on any atom is -0.494 e. The molecule has 0 bridgehead atoms. The van der Waals surface area contributed by atoms with Gasteiger partial charge in [0, 0.05) is 23.3 Å². The van der Waals surface area contributed by atoms with Gasteiger partial charge in [0.15, 0.2) is 17.3 Å². The molecule has 44 heavy (non-hydrogen) atoms. The lowest BCUT2D eigenvalue weighted by Crippen LogP contribution is -2.21. The summed E-state index contributed by atoms with van der Waals surface area (Å²) in [5.41, 5.74) is 3.12. The highest BCUT2D eigenvalue weighted by atomic mass is 16.6. The summed E-state index contributed by atoms with van der Waals surface area (Å²) in [4.78, 5) is 33.3. The number of aromatic nitrogens is 3. The molecule has 0 amide bonds. The van der Waals surface area contributed by atoms with Gasteiger partial charge in [0.25, 0.3) is 11.2 Å². The normalized spacial score (nSPS) is 11.3. The Morgan fingerprint density at radius 2 is 1.86 bits per heavy atom. The number of nitro groups is 1. The first kappa shape index (κ1) is 29.9. The summed E-state index contributed by atoms with van der Waals surface area (Å²) in [6, 6.07) is 19.0. The number of aryl methyl sites for hydroxylation is 1. The molecule has 5 rings (SSSR count). The van der Waals surface area contributed by atoms with Gasteiger partial charge in [0.1, 0.15) is 11.9 Å². The second-order valence-corrected chi connectivity index (χ2v) is 10.2. The second kappa shape index (κ2) is 12.7. The number of nitrogens with zero attached hydrogens (tertiary/aromatic N) is 5. The van der Waals surface area contributed by atoms with Gasteiger partial charge in [-0.25, -0.2) is 9.97 Å². The number of benzene rings is 3. The summed E-state index contributed by atoms with van der Waals surface area (Å²) in [6.07, 6.45) is 2.59. The number of hydrogen-bond donors (Lipinski definition) is 0. The van der Waals surface area contributed by atoms with Gasteiger partial charge in [0.2, 0.25) is 5.88 Å². The fourth-order valence-electron chi connectivity index (χ4n) is 4.75. The molecule has 0 aliphatic heterocycles. The first-order valence-corrected chi connectivity index (χ1v) is 14.0. The summed E-state index contributed by atoms with van der Waals surface area (Å²) >= 11 is 0. The zero-order valence-electron chi connectivity index (χ0n) is 25.0. The predicted octanol–water partition coefficient (Wildman–Crippen LogP) is 6.88. The molecule has 0 aliphatic carbocycles. The van der Waals surface area contributed by atoms with E-state index in [1.165, 1.54) is 30.1 Å². The van der Waals surface area contributed by atoms with E-state index in [0.717, 1.165) is 28.6 Å². The molecule has 5 aromatic rings. The molecule has 0 fully saturated rings. The molecule has 2 aromatic heterocycles. The third-order valence-corrected chi connectivity index (χ3v) is 6.95. The van der Waals surface area contributed by atoms with Crippen molar-refractivity contribution < 1.29 is 19.1 Å². The van der Waals surface area contributed by atoms with Crippen LogP contribution in [0.1, 0.15) is 43.4 Å². The average Bonchev–Trinajstić information content (AvgIpc) is 3.01. The van der Waals surface area contributed by atoms with Crippen LogP contribution in [0.2, 0.25) is 0 Å². The zero-order chi connectivity index (χ0) is 31.4. The fraction of sp³-hybridized carbons (Fsp3) is 0.212. The third-order valence-electron chi connectivity index (χ3n) is 6.95. The van der Waals surface area contributed by atoms with Gasteiger partial charge in [-0.2, -0.15) is 9.78 Å². The Hall–Kier alpha value is -5.58. The molecular weight excluding hydrogens is 562 g/mol. The first-order chi connectivity index (χ1) is 21.2. The highest BCUT2D eigenvalue weighted by molar-refractivity contribution is 5.86. The van der Waals surface area contributed by atoms with Gasteiger partial charge in [0.05, 0.1) is 35.8 Å². The number of pyridine rings is 1. The minimum atomic E-state index is -0.541. The maximum Gasteiger partial charge on any atom is 0.287 e. The van der Waals surface area contributed by atoms with Crippen molar-refractivity contribution >= 4 is 22.8 Å². The van der Waals surface area contributed by atoms with Crippen molar-refractivity contribution in [1.29, 1.82) is 0 Å². The van der Waals surface area contributed by atoms with E-state index in [2.05, 4.69) is 23.9 Å². The standard InChI is InChI=1S/C33H31N5O6/c1-6-43-29-16-21(4)26(17-25(29)20(2)3)32-36-27-12-8-7-11-24(27)33(39)37(32)35-18-22-10-9-13-28(42-5)31(22)44-30-15-14-23(19-34-30)38(40)41/h7-20H,6H2,1-5H3. The van der Waals surface area contributed by atoms with Crippen molar-refractivity contribution in [3.63, 3.8) is 0 Å². The van der Waals surface area contributed by atoms with E-state index < -0.39 is 4.92 Å². The number of para-hydroxylation sites is 2. The predicted molar refractivity (Wildman–Crippen MR) is 168 cm³/mol. The van der Waals surface area contributed by atoms with Crippen molar-refractivity contribution in [3.05, 3.63) is 110 Å². The highest BCUT2D eigenvalue weighted by Gasteiger charge is 2.19. The van der Waals surface area contributed by atoms with E-state index in [4.69, 9.17) is 19.2 Å². The van der Waals surface area contributed by atoms with Gasteiger partial charge in [-0.15, -0.1) is 0 Å². The summed E-state index contributed by atoms with van der Waals surface area (Å²) in [6.45, 7) is 8.59. The van der Waals surface area contributed by atoms with E-state index in [1.54, 1.807) is 36.4 Å². The van der Waals surface area contributed by atoms with Gasteiger partial charge in [-0.3, -0.25) is 14.9 Å². The molecule has 2 heterocycles. The Labute approximate surface area is 253 Å². The van der Waals surface area contributed by atoms with Crippen LogP contribution in [0.4, 0.5) is 5.69 Å². The monoisotopic (exact) mass is 593 g/mol. The number of fused-ring (bicyclic) bond motifs is 1. The molecule has 3 aromatic carbocycles. The van der Waals surface area contributed by atoms with Crippen LogP contribution < -0.4 is 19.8 Å². The SMILES string of the molecule is CCOc1cc(C)c(-c2nc3ccccc3c(=O)n2N=Cc2cccc(OC)c2Oc2ccc([N+](=O)[O-])cn2)cc1C(C)C.